The highest BCUT2D eigenvalue weighted by Gasteiger charge is 2.52. The summed E-state index contributed by atoms with van der Waals surface area (Å²) in [5.74, 6) is -0.153. The van der Waals surface area contributed by atoms with Gasteiger partial charge >= 0.3 is 19.4 Å². The highest BCUT2D eigenvalue weighted by atomic mass is 19.4. The van der Waals surface area contributed by atoms with Gasteiger partial charge in [0.1, 0.15) is 6.61 Å². The largest absolute Gasteiger partial charge is 0.492 e. The highest BCUT2D eigenvalue weighted by molar-refractivity contribution is 6.56. The Labute approximate surface area is 202 Å². The van der Waals surface area contributed by atoms with Crippen molar-refractivity contribution in [3.05, 3.63) is 65.3 Å². The molecule has 35 heavy (non-hydrogen) atoms. The van der Waals surface area contributed by atoms with Gasteiger partial charge in [0.25, 0.3) is 0 Å². The molecule has 1 amide bonds. The average molecular weight is 492 g/mol. The number of carbonyl (C=O) groups is 1. The first-order valence-corrected chi connectivity index (χ1v) is 11.0. The zero-order valence-electron chi connectivity index (χ0n) is 20.0. The van der Waals surface area contributed by atoms with Crippen LogP contribution in [0.5, 0.6) is 5.88 Å². The molecule has 1 aliphatic rings. The fourth-order valence-electron chi connectivity index (χ4n) is 3.08. The lowest BCUT2D eigenvalue weighted by molar-refractivity contribution is -0.154. The van der Waals surface area contributed by atoms with Crippen LogP contribution in [0.2, 0.25) is 0 Å². The van der Waals surface area contributed by atoms with E-state index in [9.17, 15) is 18.0 Å². The van der Waals surface area contributed by atoms with Gasteiger partial charge in [-0.05, 0) is 50.4 Å². The first kappa shape index (κ1) is 26.6. The van der Waals surface area contributed by atoms with E-state index in [1.54, 1.807) is 12.1 Å². The Morgan fingerprint density at radius 3 is 2.31 bits per heavy atom. The van der Waals surface area contributed by atoms with Crippen LogP contribution in [0.1, 0.15) is 38.8 Å². The number of rotatable bonds is 8. The molecule has 11 heteroatoms. The summed E-state index contributed by atoms with van der Waals surface area (Å²) in [5.41, 5.74) is 0.763. The molecule has 3 rings (SSSR count). The molecule has 0 saturated carbocycles. The Morgan fingerprint density at radius 2 is 1.74 bits per heavy atom. The zero-order valence-corrected chi connectivity index (χ0v) is 20.0. The maximum absolute atomic E-state index is 12.4. The molecule has 1 N–H and O–H groups in total. The highest BCUT2D eigenvalue weighted by Crippen LogP contribution is 2.38. The van der Waals surface area contributed by atoms with Crippen LogP contribution in [-0.4, -0.2) is 48.7 Å². The van der Waals surface area contributed by atoms with Crippen LogP contribution in [-0.2, 0) is 20.7 Å². The Kier molecular flexibility index (Phi) is 8.12. The molecular weight excluding hydrogens is 464 g/mol. The summed E-state index contributed by atoms with van der Waals surface area (Å²) in [6.07, 6.45) is -2.01. The van der Waals surface area contributed by atoms with E-state index >= 15 is 0 Å². The van der Waals surface area contributed by atoms with Crippen LogP contribution >= 0.6 is 0 Å². The van der Waals surface area contributed by atoms with Crippen LogP contribution in [0.4, 0.5) is 18.0 Å². The van der Waals surface area contributed by atoms with E-state index < -0.39 is 37.2 Å². The normalized spacial score (nSPS) is 17.2. The van der Waals surface area contributed by atoms with E-state index in [2.05, 4.69) is 15.0 Å². The molecule has 0 bridgehead atoms. The second-order valence-electron chi connectivity index (χ2n) is 9.06. The molecule has 188 valence electrons. The second kappa shape index (κ2) is 10.7. The predicted octanol–water partition coefficient (Wildman–Crippen LogP) is 4.96. The average Bonchev–Trinajstić information content (AvgIpc) is 3.01. The number of nitrogens with zero attached hydrogens (tertiary/aromatic N) is 1. The topological polar surface area (TPSA) is 78.9 Å². The summed E-state index contributed by atoms with van der Waals surface area (Å²) in [7, 11) is -0.768. The summed E-state index contributed by atoms with van der Waals surface area (Å²) in [4.78, 5) is 16.2. The van der Waals surface area contributed by atoms with Gasteiger partial charge < -0.3 is 24.1 Å². The number of hydrogen-bond donors (Lipinski definition) is 1. The van der Waals surface area contributed by atoms with E-state index in [0.29, 0.717) is 11.0 Å². The molecule has 2 heterocycles. The lowest BCUT2D eigenvalue weighted by Crippen LogP contribution is -2.41. The number of aromatic nitrogens is 1. The minimum absolute atomic E-state index is 0.0524. The minimum Gasteiger partial charge on any atom is -0.468 e. The molecule has 7 nitrogen and oxygen atoms in total. The fraction of sp³-hybridized carbons (Fsp3) is 0.417. The molecule has 0 aliphatic carbocycles. The van der Waals surface area contributed by atoms with Gasteiger partial charge in [-0.25, -0.2) is 9.78 Å². The lowest BCUT2D eigenvalue weighted by Gasteiger charge is -2.32. The van der Waals surface area contributed by atoms with Crippen molar-refractivity contribution in [3.63, 3.8) is 0 Å². The standard InChI is InChI=1S/C24H28BF3N2O5/c1-22(2)23(3,4)35-25(34-22)19(14-30-21(31)32-15-17-8-6-5-7-9-17)12-18-10-11-20(29-13-18)33-16-24(26,27)28/h5-13H,14-16H2,1-4H3,(H,30,31). The number of nitrogens with one attached hydrogen (secondary N) is 1. The SMILES string of the molecule is CC1(C)OB(C(=Cc2ccc(OCC(F)(F)F)nc2)CNC(=O)OCc2ccccc2)OC1(C)C. The number of halogens is 3. The van der Waals surface area contributed by atoms with Crippen LogP contribution < -0.4 is 10.1 Å². The number of hydrogen-bond acceptors (Lipinski definition) is 6. The number of pyridine rings is 1. The van der Waals surface area contributed by atoms with Crippen LogP contribution in [0.3, 0.4) is 0 Å². The van der Waals surface area contributed by atoms with Gasteiger partial charge in [-0.1, -0.05) is 36.4 Å². The third-order valence-electron chi connectivity index (χ3n) is 5.70. The smallest absolute Gasteiger partial charge is 0.468 e. The Bertz CT molecular complexity index is 1010. The quantitative estimate of drug-likeness (QED) is 0.525. The van der Waals surface area contributed by atoms with Gasteiger partial charge in [0.15, 0.2) is 6.61 Å². The lowest BCUT2D eigenvalue weighted by atomic mass is 9.77. The van der Waals surface area contributed by atoms with E-state index in [4.69, 9.17) is 14.0 Å². The van der Waals surface area contributed by atoms with Crippen molar-refractivity contribution in [2.45, 2.75) is 51.7 Å². The van der Waals surface area contributed by atoms with E-state index in [0.717, 1.165) is 5.56 Å². The molecule has 2 aromatic rings. The summed E-state index contributed by atoms with van der Waals surface area (Å²) in [5, 5.41) is 2.69. The molecule has 1 aromatic carbocycles. The van der Waals surface area contributed by atoms with Crippen molar-refractivity contribution in [1.29, 1.82) is 0 Å². The molecule has 1 aliphatic heterocycles. The number of alkyl carbamates (subject to hydrolysis) is 1. The van der Waals surface area contributed by atoms with Crippen molar-refractivity contribution < 1.29 is 36.7 Å². The fourth-order valence-corrected chi connectivity index (χ4v) is 3.08. The third-order valence-corrected chi connectivity index (χ3v) is 5.70. The molecular formula is C24H28BF3N2O5. The Morgan fingerprint density at radius 1 is 1.09 bits per heavy atom. The van der Waals surface area contributed by atoms with Gasteiger partial charge in [0.05, 0.1) is 11.2 Å². The maximum atomic E-state index is 12.4. The molecule has 1 fully saturated rings. The van der Waals surface area contributed by atoms with Gasteiger partial charge in [0.2, 0.25) is 5.88 Å². The zero-order chi connectivity index (χ0) is 25.7. The first-order valence-electron chi connectivity index (χ1n) is 11.0. The van der Waals surface area contributed by atoms with E-state index in [1.165, 1.54) is 12.3 Å². The summed E-state index contributed by atoms with van der Waals surface area (Å²) >= 11 is 0. The van der Waals surface area contributed by atoms with Crippen LogP contribution in [0.25, 0.3) is 6.08 Å². The predicted molar refractivity (Wildman–Crippen MR) is 124 cm³/mol. The van der Waals surface area contributed by atoms with Gasteiger partial charge in [-0.2, -0.15) is 13.2 Å². The van der Waals surface area contributed by atoms with Gasteiger partial charge in [0, 0.05) is 18.8 Å². The van der Waals surface area contributed by atoms with E-state index in [1.807, 2.05) is 58.0 Å². The van der Waals surface area contributed by atoms with E-state index in [-0.39, 0.29) is 19.0 Å². The van der Waals surface area contributed by atoms with Crippen molar-refractivity contribution >= 4 is 19.3 Å². The Balaban J connectivity index is 1.70. The number of amides is 1. The van der Waals surface area contributed by atoms with Crippen molar-refractivity contribution in [2.75, 3.05) is 13.2 Å². The molecule has 0 spiro atoms. The van der Waals surface area contributed by atoms with Crippen molar-refractivity contribution in [3.8, 4) is 5.88 Å². The minimum atomic E-state index is -4.45. The van der Waals surface area contributed by atoms with Gasteiger partial charge in [-0.15, -0.1) is 0 Å². The monoisotopic (exact) mass is 492 g/mol. The molecule has 1 saturated heterocycles. The summed E-state index contributed by atoms with van der Waals surface area (Å²) in [6.45, 7) is 6.35. The van der Waals surface area contributed by atoms with Crippen LogP contribution in [0.15, 0.2) is 54.1 Å². The molecule has 1 aromatic heterocycles. The molecule has 0 atom stereocenters. The second-order valence-corrected chi connectivity index (χ2v) is 9.06. The summed E-state index contributed by atoms with van der Waals surface area (Å²) in [6, 6.07) is 12.1. The maximum Gasteiger partial charge on any atom is 0.492 e. The first-order chi connectivity index (χ1) is 16.3. The third kappa shape index (κ3) is 7.73. The number of ether oxygens (including phenoxy) is 2. The van der Waals surface area contributed by atoms with Crippen molar-refractivity contribution in [1.82, 2.24) is 10.3 Å². The number of benzene rings is 1. The number of carbonyl (C=O) groups excluding carboxylic acids is 1. The van der Waals surface area contributed by atoms with Crippen molar-refractivity contribution in [2.24, 2.45) is 0 Å². The molecule has 0 radical (unpaired) electrons. The number of alkyl halides is 3. The van der Waals surface area contributed by atoms with Crippen LogP contribution in [0, 0.1) is 0 Å². The molecule has 0 unspecified atom stereocenters. The Hall–Kier alpha value is -3.05. The van der Waals surface area contributed by atoms with Gasteiger partial charge in [-0.3, -0.25) is 0 Å². The summed E-state index contributed by atoms with van der Waals surface area (Å²) < 4.78 is 59.2.